The molecule has 1 aromatic rings. The molecule has 0 aliphatic rings. The number of thiocarbonyl (C=S) groups is 1. The zero-order valence-electron chi connectivity index (χ0n) is 11.6. The molecule has 5 heteroatoms. The quantitative estimate of drug-likeness (QED) is 0.731. The third kappa shape index (κ3) is 5.60. The average Bonchev–Trinajstić information content (AvgIpc) is 2.67. The van der Waals surface area contributed by atoms with Crippen LogP contribution in [0.3, 0.4) is 0 Å². The van der Waals surface area contributed by atoms with E-state index in [4.69, 9.17) is 18.0 Å². The van der Waals surface area contributed by atoms with Crippen molar-refractivity contribution in [2.75, 3.05) is 19.6 Å². The zero-order chi connectivity index (χ0) is 13.5. The minimum atomic E-state index is 0.600. The van der Waals surface area contributed by atoms with E-state index >= 15 is 0 Å². The van der Waals surface area contributed by atoms with Crippen LogP contribution in [0, 0.1) is 12.8 Å². The van der Waals surface area contributed by atoms with Crippen molar-refractivity contribution in [2.45, 2.75) is 33.7 Å². The first-order chi connectivity index (χ1) is 8.49. The Bertz CT molecular complexity index is 373. The molecule has 1 heterocycles. The predicted octanol–water partition coefficient (Wildman–Crippen LogP) is 1.83. The summed E-state index contributed by atoms with van der Waals surface area (Å²) in [6.45, 7) is 10.5. The first kappa shape index (κ1) is 15.1. The third-order valence-corrected chi connectivity index (χ3v) is 3.08. The molecule has 0 aliphatic heterocycles. The Kier molecular flexibility index (Phi) is 6.29. The molecule has 0 atom stereocenters. The van der Waals surface area contributed by atoms with E-state index < -0.39 is 0 Å². The molecule has 0 saturated heterocycles. The van der Waals surface area contributed by atoms with Crippen LogP contribution in [0.4, 0.5) is 0 Å². The van der Waals surface area contributed by atoms with E-state index in [2.05, 4.69) is 28.3 Å². The van der Waals surface area contributed by atoms with Gasteiger partial charge in [-0.3, -0.25) is 0 Å². The topological polar surface area (TPSA) is 47.1 Å². The van der Waals surface area contributed by atoms with Gasteiger partial charge in [-0.05, 0) is 12.8 Å². The number of nitrogens with zero attached hydrogens (tertiary/aromatic N) is 3. The molecule has 0 aromatic carbocycles. The van der Waals surface area contributed by atoms with Crippen molar-refractivity contribution in [1.82, 2.24) is 14.5 Å². The van der Waals surface area contributed by atoms with Crippen molar-refractivity contribution in [3.05, 3.63) is 18.2 Å². The molecule has 18 heavy (non-hydrogen) atoms. The maximum atomic E-state index is 5.58. The molecular weight excluding hydrogens is 244 g/mol. The Morgan fingerprint density at radius 3 is 2.72 bits per heavy atom. The van der Waals surface area contributed by atoms with E-state index in [1.54, 1.807) is 0 Å². The smallest absolute Gasteiger partial charge is 0.105 e. The summed E-state index contributed by atoms with van der Waals surface area (Å²) in [5.74, 6) is 1.72. The molecule has 0 fully saturated rings. The highest BCUT2D eigenvalue weighted by Crippen LogP contribution is 2.02. The fourth-order valence-corrected chi connectivity index (χ4v) is 2.06. The first-order valence-corrected chi connectivity index (χ1v) is 6.88. The fourth-order valence-electron chi connectivity index (χ4n) is 1.97. The van der Waals surface area contributed by atoms with Crippen LogP contribution >= 0.6 is 12.2 Å². The van der Waals surface area contributed by atoms with Crippen molar-refractivity contribution in [2.24, 2.45) is 11.7 Å². The highest BCUT2D eigenvalue weighted by atomic mass is 32.1. The number of aryl methyl sites for hydroxylation is 1. The van der Waals surface area contributed by atoms with Gasteiger partial charge in [0.05, 0.1) is 4.99 Å². The number of hydrogen-bond donors (Lipinski definition) is 1. The van der Waals surface area contributed by atoms with Gasteiger partial charge in [-0.1, -0.05) is 26.1 Å². The van der Waals surface area contributed by atoms with Crippen molar-refractivity contribution in [1.29, 1.82) is 0 Å². The molecule has 0 aliphatic carbocycles. The molecule has 0 saturated carbocycles. The van der Waals surface area contributed by atoms with E-state index in [1.807, 2.05) is 19.3 Å². The molecule has 1 aromatic heterocycles. The number of rotatable bonds is 8. The predicted molar refractivity (Wildman–Crippen MR) is 79.6 cm³/mol. The van der Waals surface area contributed by atoms with Gasteiger partial charge < -0.3 is 15.2 Å². The van der Waals surface area contributed by atoms with E-state index in [9.17, 15) is 0 Å². The van der Waals surface area contributed by atoms with Crippen molar-refractivity contribution < 1.29 is 0 Å². The van der Waals surface area contributed by atoms with Crippen LogP contribution in [0.2, 0.25) is 0 Å². The lowest BCUT2D eigenvalue weighted by Gasteiger charge is -2.24. The molecule has 1 rings (SSSR count). The maximum Gasteiger partial charge on any atom is 0.105 e. The van der Waals surface area contributed by atoms with E-state index in [-0.39, 0.29) is 0 Å². The van der Waals surface area contributed by atoms with Gasteiger partial charge in [-0.25, -0.2) is 4.98 Å². The highest BCUT2D eigenvalue weighted by Gasteiger charge is 2.08. The molecule has 2 N–H and O–H groups in total. The van der Waals surface area contributed by atoms with Crippen LogP contribution in [-0.4, -0.2) is 39.1 Å². The Hall–Kier alpha value is -0.940. The minimum Gasteiger partial charge on any atom is -0.393 e. The van der Waals surface area contributed by atoms with E-state index in [0.717, 1.165) is 38.4 Å². The Balaban J connectivity index is 2.45. The SMILES string of the molecule is Cc1nccn1CCN(CCC(N)=S)CC(C)C. The Morgan fingerprint density at radius 1 is 1.50 bits per heavy atom. The lowest BCUT2D eigenvalue weighted by atomic mass is 10.2. The third-order valence-electron chi connectivity index (χ3n) is 2.88. The molecule has 0 radical (unpaired) electrons. The van der Waals surface area contributed by atoms with Crippen LogP contribution in [-0.2, 0) is 6.54 Å². The standard InChI is InChI=1S/C13H24N4S/c1-11(2)10-16(6-4-13(14)18)8-9-17-7-5-15-12(17)3/h5,7,11H,4,6,8-10H2,1-3H3,(H2,14,18). The summed E-state index contributed by atoms with van der Waals surface area (Å²) in [7, 11) is 0. The molecule has 0 amide bonds. The van der Waals surface area contributed by atoms with E-state index in [0.29, 0.717) is 10.9 Å². The summed E-state index contributed by atoms with van der Waals surface area (Å²) in [4.78, 5) is 7.25. The summed E-state index contributed by atoms with van der Waals surface area (Å²) >= 11 is 4.95. The lowest BCUT2D eigenvalue weighted by Crippen LogP contribution is -2.33. The minimum absolute atomic E-state index is 0.600. The summed E-state index contributed by atoms with van der Waals surface area (Å²) in [6, 6.07) is 0. The Morgan fingerprint density at radius 2 is 2.22 bits per heavy atom. The second-order valence-electron chi connectivity index (χ2n) is 5.08. The number of nitrogens with two attached hydrogens (primary N) is 1. The number of imidazole rings is 1. The van der Waals surface area contributed by atoms with Gasteiger partial charge in [0, 0.05) is 45.0 Å². The fraction of sp³-hybridized carbons (Fsp3) is 0.692. The van der Waals surface area contributed by atoms with Crippen LogP contribution < -0.4 is 5.73 Å². The number of aromatic nitrogens is 2. The van der Waals surface area contributed by atoms with Crippen molar-refractivity contribution >= 4 is 17.2 Å². The molecule has 102 valence electrons. The van der Waals surface area contributed by atoms with Gasteiger partial charge >= 0.3 is 0 Å². The van der Waals surface area contributed by atoms with Gasteiger partial charge in [0.15, 0.2) is 0 Å². The largest absolute Gasteiger partial charge is 0.393 e. The molecule has 0 unspecified atom stereocenters. The summed E-state index contributed by atoms with van der Waals surface area (Å²) in [5, 5.41) is 0. The molecule has 0 spiro atoms. The summed E-state index contributed by atoms with van der Waals surface area (Å²) in [5.41, 5.74) is 5.58. The molecule has 4 nitrogen and oxygen atoms in total. The second-order valence-corrected chi connectivity index (χ2v) is 5.60. The van der Waals surface area contributed by atoms with Gasteiger partial charge in [0.2, 0.25) is 0 Å². The summed E-state index contributed by atoms with van der Waals surface area (Å²) < 4.78 is 2.17. The average molecular weight is 268 g/mol. The van der Waals surface area contributed by atoms with Gasteiger partial charge in [-0.2, -0.15) is 0 Å². The van der Waals surface area contributed by atoms with Gasteiger partial charge in [0.1, 0.15) is 5.82 Å². The van der Waals surface area contributed by atoms with Crippen LogP contribution in [0.15, 0.2) is 12.4 Å². The first-order valence-electron chi connectivity index (χ1n) is 6.47. The molecular formula is C13H24N4S. The maximum absolute atomic E-state index is 5.58. The van der Waals surface area contributed by atoms with E-state index in [1.165, 1.54) is 0 Å². The highest BCUT2D eigenvalue weighted by molar-refractivity contribution is 7.80. The van der Waals surface area contributed by atoms with Crippen LogP contribution in [0.5, 0.6) is 0 Å². The van der Waals surface area contributed by atoms with Gasteiger partial charge in [0.25, 0.3) is 0 Å². The van der Waals surface area contributed by atoms with Crippen molar-refractivity contribution in [3.8, 4) is 0 Å². The number of hydrogen-bond acceptors (Lipinski definition) is 3. The lowest BCUT2D eigenvalue weighted by molar-refractivity contribution is 0.241. The van der Waals surface area contributed by atoms with Gasteiger partial charge in [-0.15, -0.1) is 0 Å². The van der Waals surface area contributed by atoms with Crippen LogP contribution in [0.25, 0.3) is 0 Å². The second kappa shape index (κ2) is 7.48. The summed E-state index contributed by atoms with van der Waals surface area (Å²) in [6.07, 6.45) is 4.67. The molecule has 0 bridgehead atoms. The Labute approximate surface area is 115 Å². The van der Waals surface area contributed by atoms with Crippen LogP contribution in [0.1, 0.15) is 26.1 Å². The van der Waals surface area contributed by atoms with Crippen molar-refractivity contribution in [3.63, 3.8) is 0 Å². The monoisotopic (exact) mass is 268 g/mol. The normalized spacial score (nSPS) is 11.4. The zero-order valence-corrected chi connectivity index (χ0v) is 12.4.